The molecule has 6 heteroatoms. The highest BCUT2D eigenvalue weighted by atomic mass is 35.5. The van der Waals surface area contributed by atoms with Gasteiger partial charge in [0.1, 0.15) is 0 Å². The van der Waals surface area contributed by atoms with Crippen LogP contribution >= 0.6 is 22.9 Å². The predicted octanol–water partition coefficient (Wildman–Crippen LogP) is 4.78. The van der Waals surface area contributed by atoms with Gasteiger partial charge in [0.15, 0.2) is 0 Å². The number of nitrogens with one attached hydrogen (secondary N) is 1. The van der Waals surface area contributed by atoms with Crippen LogP contribution in [0.5, 0.6) is 0 Å². The van der Waals surface area contributed by atoms with Gasteiger partial charge in [-0.3, -0.25) is 9.59 Å². The summed E-state index contributed by atoms with van der Waals surface area (Å²) < 4.78 is 0. The predicted molar refractivity (Wildman–Crippen MR) is 107 cm³/mol. The lowest BCUT2D eigenvalue weighted by Gasteiger charge is -2.17. The molecule has 2 aromatic carbocycles. The summed E-state index contributed by atoms with van der Waals surface area (Å²) in [4.78, 5) is 27.0. The molecule has 0 saturated carbocycles. The number of thiophene rings is 1. The van der Waals surface area contributed by atoms with Gasteiger partial charge in [0.25, 0.3) is 5.91 Å². The number of amides is 2. The van der Waals surface area contributed by atoms with Crippen molar-refractivity contribution < 1.29 is 9.59 Å². The van der Waals surface area contributed by atoms with E-state index in [1.54, 1.807) is 31.3 Å². The Labute approximate surface area is 161 Å². The smallest absolute Gasteiger partial charge is 0.264 e. The Kier molecular flexibility index (Phi) is 5.71. The van der Waals surface area contributed by atoms with Gasteiger partial charge < -0.3 is 10.2 Å². The lowest BCUT2D eigenvalue weighted by atomic mass is 10.1. The summed E-state index contributed by atoms with van der Waals surface area (Å²) in [6.45, 7) is -0.0442. The molecule has 0 atom stereocenters. The maximum absolute atomic E-state index is 12.8. The molecule has 0 radical (unpaired) electrons. The van der Waals surface area contributed by atoms with Crippen molar-refractivity contribution in [3.05, 3.63) is 75.9 Å². The van der Waals surface area contributed by atoms with E-state index in [4.69, 9.17) is 11.6 Å². The molecule has 0 fully saturated rings. The molecule has 3 rings (SSSR count). The lowest BCUT2D eigenvalue weighted by molar-refractivity contribution is -0.116. The number of likely N-dealkylation sites (N-methyl/N-ethyl adjacent to an activating group) is 1. The van der Waals surface area contributed by atoms with Crippen LogP contribution in [0.2, 0.25) is 5.02 Å². The summed E-state index contributed by atoms with van der Waals surface area (Å²) >= 11 is 7.29. The normalized spacial score (nSPS) is 10.4. The van der Waals surface area contributed by atoms with Crippen molar-refractivity contribution in [1.82, 2.24) is 4.90 Å². The molecule has 0 unspecified atom stereocenters. The molecule has 26 heavy (non-hydrogen) atoms. The summed E-state index contributed by atoms with van der Waals surface area (Å²) in [5.41, 5.74) is 2.46. The maximum atomic E-state index is 12.8. The van der Waals surface area contributed by atoms with Crippen LogP contribution in [0.4, 0.5) is 5.69 Å². The molecule has 0 aliphatic heterocycles. The van der Waals surface area contributed by atoms with Crippen molar-refractivity contribution in [1.29, 1.82) is 0 Å². The van der Waals surface area contributed by atoms with Gasteiger partial charge in [-0.2, -0.15) is 0 Å². The first kappa shape index (κ1) is 18.2. The fraction of sp³-hybridized carbons (Fsp3) is 0.100. The van der Waals surface area contributed by atoms with Crippen LogP contribution < -0.4 is 5.32 Å². The molecule has 132 valence electrons. The quantitative estimate of drug-likeness (QED) is 0.688. The maximum Gasteiger partial charge on any atom is 0.264 e. The summed E-state index contributed by atoms with van der Waals surface area (Å²) in [5, 5.41) is 5.17. The van der Waals surface area contributed by atoms with Crippen LogP contribution in [0.3, 0.4) is 0 Å². The van der Waals surface area contributed by atoms with Crippen LogP contribution in [-0.2, 0) is 4.79 Å². The van der Waals surface area contributed by atoms with Gasteiger partial charge in [-0.15, -0.1) is 11.3 Å². The molecule has 0 aliphatic carbocycles. The van der Waals surface area contributed by atoms with Gasteiger partial charge >= 0.3 is 0 Å². The number of hydrogen-bond acceptors (Lipinski definition) is 3. The van der Waals surface area contributed by atoms with E-state index in [-0.39, 0.29) is 18.4 Å². The van der Waals surface area contributed by atoms with E-state index in [2.05, 4.69) is 5.32 Å². The highest BCUT2D eigenvalue weighted by Gasteiger charge is 2.20. The molecule has 2 amide bonds. The molecular formula is C20H17ClN2O2S. The van der Waals surface area contributed by atoms with E-state index >= 15 is 0 Å². The second-order valence-corrected chi connectivity index (χ2v) is 7.10. The molecule has 1 heterocycles. The number of rotatable bonds is 5. The van der Waals surface area contributed by atoms with Gasteiger partial charge in [0.2, 0.25) is 5.91 Å². The van der Waals surface area contributed by atoms with Gasteiger partial charge in [-0.05, 0) is 35.2 Å². The Balaban J connectivity index is 1.69. The van der Waals surface area contributed by atoms with Crippen LogP contribution in [0.1, 0.15) is 9.67 Å². The number of carbonyl (C=O) groups is 2. The monoisotopic (exact) mass is 384 g/mol. The second-order valence-electron chi connectivity index (χ2n) is 5.75. The van der Waals surface area contributed by atoms with Gasteiger partial charge in [-0.25, -0.2) is 0 Å². The number of halogens is 1. The van der Waals surface area contributed by atoms with Crippen LogP contribution in [0, 0.1) is 0 Å². The highest BCUT2D eigenvalue weighted by molar-refractivity contribution is 7.12. The topological polar surface area (TPSA) is 49.4 Å². The van der Waals surface area contributed by atoms with Crippen molar-refractivity contribution >= 4 is 40.4 Å². The third-order valence-electron chi connectivity index (χ3n) is 3.78. The van der Waals surface area contributed by atoms with Crippen LogP contribution in [0.25, 0.3) is 11.1 Å². The zero-order valence-electron chi connectivity index (χ0n) is 14.1. The third-order valence-corrected chi connectivity index (χ3v) is 4.92. The Bertz CT molecular complexity index is 924. The first-order chi connectivity index (χ1) is 12.5. The SMILES string of the molecule is CN(CC(=O)Nc1cccc(Cl)c1)C(=O)c1sccc1-c1ccccc1. The molecule has 0 aliphatic rings. The van der Waals surface area contributed by atoms with Crippen molar-refractivity contribution in [2.24, 2.45) is 0 Å². The molecule has 0 bridgehead atoms. The van der Waals surface area contributed by atoms with Crippen LogP contribution in [0.15, 0.2) is 66.0 Å². The summed E-state index contributed by atoms with van der Waals surface area (Å²) in [5.74, 6) is -0.457. The minimum absolute atomic E-state index is 0.0442. The molecule has 3 aromatic rings. The number of benzene rings is 2. The second kappa shape index (κ2) is 8.17. The van der Waals surface area contributed by atoms with Crippen molar-refractivity contribution in [3.63, 3.8) is 0 Å². The molecule has 0 spiro atoms. The fourth-order valence-corrected chi connectivity index (χ4v) is 3.65. The Hall–Kier alpha value is -2.63. The Morgan fingerprint density at radius 1 is 1.08 bits per heavy atom. The fourth-order valence-electron chi connectivity index (χ4n) is 2.55. The van der Waals surface area contributed by atoms with Crippen molar-refractivity contribution in [2.75, 3.05) is 18.9 Å². The molecule has 1 N–H and O–H groups in total. The average molecular weight is 385 g/mol. The Morgan fingerprint density at radius 2 is 1.85 bits per heavy atom. The molecule has 0 saturated heterocycles. The molecular weight excluding hydrogens is 368 g/mol. The average Bonchev–Trinajstić information content (AvgIpc) is 3.11. The highest BCUT2D eigenvalue weighted by Crippen LogP contribution is 2.29. The molecule has 1 aromatic heterocycles. The molecule has 4 nitrogen and oxygen atoms in total. The van der Waals surface area contributed by atoms with E-state index in [0.717, 1.165) is 11.1 Å². The summed E-state index contributed by atoms with van der Waals surface area (Å²) in [7, 11) is 1.62. The standard InChI is InChI=1S/C20H17ClN2O2S/c1-23(13-18(24)22-16-9-5-8-15(21)12-16)20(25)19-17(10-11-26-19)14-6-3-2-4-7-14/h2-12H,13H2,1H3,(H,22,24). The zero-order valence-corrected chi connectivity index (χ0v) is 15.7. The first-order valence-electron chi connectivity index (χ1n) is 7.98. The summed E-state index contributed by atoms with van der Waals surface area (Å²) in [6.07, 6.45) is 0. The van der Waals surface area contributed by atoms with Crippen molar-refractivity contribution in [3.8, 4) is 11.1 Å². The van der Waals surface area contributed by atoms with Gasteiger partial charge in [0, 0.05) is 23.3 Å². The van der Waals surface area contributed by atoms with Crippen LogP contribution in [-0.4, -0.2) is 30.3 Å². The zero-order chi connectivity index (χ0) is 18.5. The first-order valence-corrected chi connectivity index (χ1v) is 9.24. The third kappa shape index (κ3) is 4.31. The number of anilines is 1. The minimum atomic E-state index is -0.277. The van der Waals surface area contributed by atoms with Crippen molar-refractivity contribution in [2.45, 2.75) is 0 Å². The van der Waals surface area contributed by atoms with E-state index in [0.29, 0.717) is 15.6 Å². The number of hydrogen-bond donors (Lipinski definition) is 1. The Morgan fingerprint density at radius 3 is 2.58 bits per heavy atom. The van der Waals surface area contributed by atoms with E-state index in [1.165, 1.54) is 16.2 Å². The van der Waals surface area contributed by atoms with Gasteiger partial charge in [-0.1, -0.05) is 48.0 Å². The van der Waals surface area contributed by atoms with E-state index in [1.807, 2.05) is 41.8 Å². The van der Waals surface area contributed by atoms with E-state index in [9.17, 15) is 9.59 Å². The largest absolute Gasteiger partial charge is 0.332 e. The van der Waals surface area contributed by atoms with Gasteiger partial charge in [0.05, 0.1) is 11.4 Å². The van der Waals surface area contributed by atoms with E-state index < -0.39 is 0 Å². The number of nitrogens with zero attached hydrogens (tertiary/aromatic N) is 1. The summed E-state index contributed by atoms with van der Waals surface area (Å²) in [6, 6.07) is 18.5. The number of carbonyl (C=O) groups excluding carboxylic acids is 2. The lowest BCUT2D eigenvalue weighted by Crippen LogP contribution is -2.34. The minimum Gasteiger partial charge on any atom is -0.332 e.